The lowest BCUT2D eigenvalue weighted by molar-refractivity contribution is -0.139. The highest BCUT2D eigenvalue weighted by Crippen LogP contribution is 2.32. The van der Waals surface area contributed by atoms with E-state index in [1.165, 1.54) is 16.9 Å². The third kappa shape index (κ3) is 4.73. The number of fused-ring (bicyclic) bond motifs is 1. The minimum absolute atomic E-state index is 0.222. The van der Waals surface area contributed by atoms with Gasteiger partial charge in [0.15, 0.2) is 16.3 Å². The van der Waals surface area contributed by atoms with Gasteiger partial charge in [0.25, 0.3) is 5.56 Å². The summed E-state index contributed by atoms with van der Waals surface area (Å²) in [4.78, 5) is 31.9. The highest BCUT2D eigenvalue weighted by Gasteiger charge is 2.33. The zero-order valence-corrected chi connectivity index (χ0v) is 22.1. The number of benzene rings is 2. The van der Waals surface area contributed by atoms with Crippen molar-refractivity contribution in [2.45, 2.75) is 39.7 Å². The van der Waals surface area contributed by atoms with Crippen molar-refractivity contribution in [2.75, 3.05) is 20.8 Å². The molecule has 1 atom stereocenters. The molecule has 1 aliphatic heterocycles. The molecule has 8 heteroatoms. The Balaban J connectivity index is 1.91. The van der Waals surface area contributed by atoms with Gasteiger partial charge in [0.1, 0.15) is 0 Å². The first-order valence-electron chi connectivity index (χ1n) is 11.8. The Labute approximate surface area is 214 Å². The van der Waals surface area contributed by atoms with Gasteiger partial charge in [0.05, 0.1) is 42.7 Å². The molecule has 0 saturated carbocycles. The van der Waals surface area contributed by atoms with Crippen molar-refractivity contribution < 1.29 is 19.0 Å². The molecule has 1 unspecified atom stereocenters. The second-order valence-electron chi connectivity index (χ2n) is 8.74. The number of allylic oxidation sites excluding steroid dienone is 1. The molecule has 0 aliphatic carbocycles. The molecular formula is C28H30N2O5S. The van der Waals surface area contributed by atoms with Crippen LogP contribution in [-0.2, 0) is 9.53 Å². The molecule has 0 fully saturated rings. The first-order chi connectivity index (χ1) is 17.3. The number of hydrogen-bond donors (Lipinski definition) is 0. The molecule has 188 valence electrons. The summed E-state index contributed by atoms with van der Waals surface area (Å²) >= 11 is 1.29. The zero-order valence-electron chi connectivity index (χ0n) is 21.3. The molecule has 2 aromatic carbocycles. The Morgan fingerprint density at radius 1 is 1.11 bits per heavy atom. The van der Waals surface area contributed by atoms with Gasteiger partial charge in [-0.2, -0.15) is 0 Å². The quantitative estimate of drug-likeness (QED) is 0.454. The van der Waals surface area contributed by atoms with E-state index in [4.69, 9.17) is 14.2 Å². The Morgan fingerprint density at radius 2 is 1.81 bits per heavy atom. The maximum Gasteiger partial charge on any atom is 0.338 e. The summed E-state index contributed by atoms with van der Waals surface area (Å²) in [7, 11) is 3.15. The summed E-state index contributed by atoms with van der Waals surface area (Å²) in [6.07, 6.45) is 1.80. The average molecular weight is 507 g/mol. The maximum atomic E-state index is 13.7. The Morgan fingerprint density at radius 3 is 2.42 bits per heavy atom. The van der Waals surface area contributed by atoms with Crippen LogP contribution in [0.5, 0.6) is 11.5 Å². The molecular weight excluding hydrogens is 476 g/mol. The lowest BCUT2D eigenvalue weighted by Gasteiger charge is -2.25. The van der Waals surface area contributed by atoms with Crippen LogP contribution in [0, 0.1) is 0 Å². The lowest BCUT2D eigenvalue weighted by atomic mass is 9.93. The fourth-order valence-corrected chi connectivity index (χ4v) is 5.31. The minimum atomic E-state index is -0.630. The van der Waals surface area contributed by atoms with Crippen LogP contribution >= 0.6 is 11.3 Å². The van der Waals surface area contributed by atoms with E-state index >= 15 is 0 Å². The van der Waals surface area contributed by atoms with Crippen LogP contribution in [0.2, 0.25) is 0 Å². The Bertz CT molecular complexity index is 1500. The number of thiazole rings is 1. The van der Waals surface area contributed by atoms with Gasteiger partial charge in [-0.05, 0) is 54.7 Å². The van der Waals surface area contributed by atoms with E-state index in [1.54, 1.807) is 44.8 Å². The zero-order chi connectivity index (χ0) is 26.0. The number of carbonyl (C=O) groups is 1. The standard InChI is InChI=1S/C28H30N2O5S/c1-7-35-27(32)24-17(4)29-28-30(25(24)20-11-9-19(10-12-20)16(2)3)26(31)23(36-28)15-18-8-13-21(33-5)22(14-18)34-6/h8-16,25H,7H2,1-6H3/b23-15-. The van der Waals surface area contributed by atoms with Gasteiger partial charge in [-0.1, -0.05) is 55.5 Å². The number of nitrogens with zero attached hydrogens (tertiary/aromatic N) is 2. The van der Waals surface area contributed by atoms with Crippen LogP contribution in [0.3, 0.4) is 0 Å². The van der Waals surface area contributed by atoms with Gasteiger partial charge in [-0.3, -0.25) is 9.36 Å². The predicted molar refractivity (Wildman–Crippen MR) is 140 cm³/mol. The number of carbonyl (C=O) groups excluding carboxylic acids is 1. The highest BCUT2D eigenvalue weighted by molar-refractivity contribution is 7.07. The Kier molecular flexibility index (Phi) is 7.45. The maximum absolute atomic E-state index is 13.7. The summed E-state index contributed by atoms with van der Waals surface area (Å²) in [6, 6.07) is 12.9. The molecule has 1 aromatic heterocycles. The summed E-state index contributed by atoms with van der Waals surface area (Å²) in [5.41, 5.74) is 3.50. The van der Waals surface area contributed by atoms with Gasteiger partial charge in [0.2, 0.25) is 0 Å². The molecule has 0 N–H and O–H groups in total. The number of ether oxygens (including phenoxy) is 3. The third-order valence-electron chi connectivity index (χ3n) is 6.14. The topological polar surface area (TPSA) is 79.1 Å². The first kappa shape index (κ1) is 25.4. The van der Waals surface area contributed by atoms with E-state index in [1.807, 2.05) is 36.4 Å². The van der Waals surface area contributed by atoms with Crippen LogP contribution in [0.15, 0.2) is 63.5 Å². The number of rotatable bonds is 7. The van der Waals surface area contributed by atoms with Crippen molar-refractivity contribution >= 4 is 23.4 Å². The van der Waals surface area contributed by atoms with Gasteiger partial charge < -0.3 is 14.2 Å². The van der Waals surface area contributed by atoms with Crippen LogP contribution < -0.4 is 24.4 Å². The van der Waals surface area contributed by atoms with E-state index in [2.05, 4.69) is 18.8 Å². The van der Waals surface area contributed by atoms with E-state index in [-0.39, 0.29) is 12.2 Å². The fourth-order valence-electron chi connectivity index (χ4n) is 4.26. The van der Waals surface area contributed by atoms with Gasteiger partial charge in [-0.25, -0.2) is 9.79 Å². The van der Waals surface area contributed by atoms with Crippen molar-refractivity contribution in [3.05, 3.63) is 90.1 Å². The van der Waals surface area contributed by atoms with Crippen molar-refractivity contribution in [1.82, 2.24) is 4.57 Å². The van der Waals surface area contributed by atoms with Gasteiger partial charge >= 0.3 is 5.97 Å². The molecule has 1 aliphatic rings. The summed E-state index contributed by atoms with van der Waals surface area (Å²) in [5.74, 6) is 1.08. The van der Waals surface area contributed by atoms with Crippen LogP contribution in [0.25, 0.3) is 6.08 Å². The molecule has 0 amide bonds. The van der Waals surface area contributed by atoms with Crippen LogP contribution in [-0.4, -0.2) is 31.4 Å². The normalized spacial score (nSPS) is 15.5. The molecule has 0 spiro atoms. The molecule has 0 radical (unpaired) electrons. The molecule has 2 heterocycles. The SMILES string of the molecule is CCOC(=O)C1=C(C)N=c2s/c(=C\c3ccc(OC)c(OC)c3)c(=O)n2C1c1ccc(C(C)C)cc1. The van der Waals surface area contributed by atoms with Crippen molar-refractivity contribution in [2.24, 2.45) is 4.99 Å². The molecule has 0 saturated heterocycles. The monoisotopic (exact) mass is 506 g/mol. The van der Waals surface area contributed by atoms with Crippen LogP contribution in [0.1, 0.15) is 56.3 Å². The van der Waals surface area contributed by atoms with Crippen molar-refractivity contribution in [3.8, 4) is 11.5 Å². The number of methoxy groups -OCH3 is 2. The molecule has 7 nitrogen and oxygen atoms in total. The van der Waals surface area contributed by atoms with Crippen LogP contribution in [0.4, 0.5) is 0 Å². The van der Waals surface area contributed by atoms with Gasteiger partial charge in [0, 0.05) is 0 Å². The highest BCUT2D eigenvalue weighted by atomic mass is 32.1. The number of esters is 1. The van der Waals surface area contributed by atoms with E-state index in [0.29, 0.717) is 38.0 Å². The Hall–Kier alpha value is -3.65. The van der Waals surface area contributed by atoms with E-state index < -0.39 is 12.0 Å². The number of aromatic nitrogens is 1. The van der Waals surface area contributed by atoms with Gasteiger partial charge in [-0.15, -0.1) is 0 Å². The molecule has 36 heavy (non-hydrogen) atoms. The average Bonchev–Trinajstić information content (AvgIpc) is 3.17. The van der Waals surface area contributed by atoms with Crippen molar-refractivity contribution in [1.29, 1.82) is 0 Å². The second kappa shape index (κ2) is 10.5. The summed E-state index contributed by atoms with van der Waals surface area (Å²) in [5, 5.41) is 0. The third-order valence-corrected chi connectivity index (χ3v) is 7.12. The van der Waals surface area contributed by atoms with E-state index in [9.17, 15) is 9.59 Å². The predicted octanol–water partition coefficient (Wildman–Crippen LogP) is 3.94. The summed E-state index contributed by atoms with van der Waals surface area (Å²) < 4.78 is 18.2. The second-order valence-corrected chi connectivity index (χ2v) is 9.75. The number of hydrogen-bond acceptors (Lipinski definition) is 7. The summed E-state index contributed by atoms with van der Waals surface area (Å²) in [6.45, 7) is 8.03. The largest absolute Gasteiger partial charge is 0.493 e. The first-order valence-corrected chi connectivity index (χ1v) is 12.6. The van der Waals surface area contributed by atoms with Crippen molar-refractivity contribution in [3.63, 3.8) is 0 Å². The smallest absolute Gasteiger partial charge is 0.338 e. The lowest BCUT2D eigenvalue weighted by Crippen LogP contribution is -2.39. The molecule has 0 bridgehead atoms. The van der Waals surface area contributed by atoms with E-state index in [0.717, 1.165) is 11.1 Å². The fraction of sp³-hybridized carbons (Fsp3) is 0.321. The molecule has 4 rings (SSSR count). The molecule has 3 aromatic rings. The minimum Gasteiger partial charge on any atom is -0.493 e.